The van der Waals surface area contributed by atoms with E-state index in [1.165, 1.54) is 7.11 Å². The van der Waals surface area contributed by atoms with E-state index in [-0.39, 0.29) is 17.7 Å². The Morgan fingerprint density at radius 2 is 1.90 bits per heavy atom. The summed E-state index contributed by atoms with van der Waals surface area (Å²) in [5, 5.41) is 2.88. The largest absolute Gasteiger partial charge is 0.338 e. The van der Waals surface area contributed by atoms with Crippen LogP contribution in [0, 0.1) is 5.92 Å². The molecule has 2 atom stereocenters. The first-order chi connectivity index (χ1) is 9.39. The van der Waals surface area contributed by atoms with E-state index >= 15 is 0 Å². The lowest BCUT2D eigenvalue weighted by Crippen LogP contribution is -2.55. The van der Waals surface area contributed by atoms with Crippen LogP contribution in [0.5, 0.6) is 0 Å². The van der Waals surface area contributed by atoms with Crippen LogP contribution in [0.15, 0.2) is 24.3 Å². The predicted molar refractivity (Wildman–Crippen MR) is 72.7 cm³/mol. The molecule has 2 aliphatic heterocycles. The van der Waals surface area contributed by atoms with E-state index in [2.05, 4.69) is 5.32 Å². The molecule has 2 amide bonds. The first-order valence-corrected chi connectivity index (χ1v) is 6.71. The molecule has 1 saturated heterocycles. The number of hydrogen-bond acceptors (Lipinski definition) is 3. The van der Waals surface area contributed by atoms with Crippen LogP contribution in [0.1, 0.15) is 36.7 Å². The molecule has 5 heteroatoms. The van der Waals surface area contributed by atoms with Crippen LogP contribution < -0.4 is 5.32 Å². The SMILES string of the molecule is COC12NC(=O)C(C)(C(C)C)N1C(=O)c1ccccc12. The molecular formula is C15H18N2O3. The van der Waals surface area contributed by atoms with Crippen LogP contribution in [-0.4, -0.2) is 29.4 Å². The maximum atomic E-state index is 12.8. The van der Waals surface area contributed by atoms with E-state index in [0.29, 0.717) is 11.1 Å². The van der Waals surface area contributed by atoms with Crippen LogP contribution in [-0.2, 0) is 15.4 Å². The molecule has 106 valence electrons. The van der Waals surface area contributed by atoms with Crippen molar-refractivity contribution < 1.29 is 14.3 Å². The number of rotatable bonds is 2. The molecule has 2 aliphatic rings. The minimum absolute atomic E-state index is 0.0298. The van der Waals surface area contributed by atoms with Gasteiger partial charge in [-0.1, -0.05) is 32.0 Å². The molecule has 0 saturated carbocycles. The van der Waals surface area contributed by atoms with Crippen molar-refractivity contribution in [3.8, 4) is 0 Å². The average Bonchev–Trinajstić information content (AvgIpc) is 2.82. The van der Waals surface area contributed by atoms with Crippen molar-refractivity contribution in [1.82, 2.24) is 10.2 Å². The molecule has 1 aromatic rings. The van der Waals surface area contributed by atoms with Crippen molar-refractivity contribution in [3.63, 3.8) is 0 Å². The first-order valence-electron chi connectivity index (χ1n) is 6.71. The Labute approximate surface area is 117 Å². The molecule has 3 rings (SSSR count). The van der Waals surface area contributed by atoms with Crippen LogP contribution in [0.3, 0.4) is 0 Å². The van der Waals surface area contributed by atoms with Gasteiger partial charge in [-0.05, 0) is 18.9 Å². The van der Waals surface area contributed by atoms with E-state index in [1.54, 1.807) is 17.9 Å². The van der Waals surface area contributed by atoms with Gasteiger partial charge in [0, 0.05) is 18.2 Å². The van der Waals surface area contributed by atoms with Gasteiger partial charge in [0.15, 0.2) is 0 Å². The van der Waals surface area contributed by atoms with E-state index < -0.39 is 11.4 Å². The maximum absolute atomic E-state index is 12.8. The molecular weight excluding hydrogens is 256 g/mol. The van der Waals surface area contributed by atoms with Gasteiger partial charge in [-0.25, -0.2) is 0 Å². The number of hydrogen-bond donors (Lipinski definition) is 1. The smallest absolute Gasteiger partial charge is 0.259 e. The normalized spacial score (nSPS) is 31.6. The highest BCUT2D eigenvalue weighted by Crippen LogP contribution is 2.48. The van der Waals surface area contributed by atoms with Crippen LogP contribution in [0.4, 0.5) is 0 Å². The third kappa shape index (κ3) is 1.21. The standard InChI is InChI=1S/C15H18N2O3/c1-9(2)14(3)13(19)16-15(20-4)11-8-6-5-7-10(11)12(18)17(14)15/h5-9H,1-4H3,(H,16,19). The minimum Gasteiger partial charge on any atom is -0.338 e. The number of nitrogens with one attached hydrogen (secondary N) is 1. The zero-order chi connectivity index (χ0) is 14.7. The van der Waals surface area contributed by atoms with Gasteiger partial charge in [-0.3, -0.25) is 14.5 Å². The van der Waals surface area contributed by atoms with E-state index in [0.717, 1.165) is 0 Å². The Bertz CT molecular complexity index is 613. The second-order valence-electron chi connectivity index (χ2n) is 5.79. The molecule has 0 aromatic heterocycles. The Balaban J connectivity index is 2.28. The summed E-state index contributed by atoms with van der Waals surface area (Å²) in [7, 11) is 1.51. The van der Waals surface area contributed by atoms with Crippen molar-refractivity contribution in [2.75, 3.05) is 7.11 Å². The quantitative estimate of drug-likeness (QED) is 0.888. The van der Waals surface area contributed by atoms with Crippen molar-refractivity contribution >= 4 is 11.8 Å². The second-order valence-corrected chi connectivity index (χ2v) is 5.79. The highest BCUT2D eigenvalue weighted by Gasteiger charge is 2.67. The van der Waals surface area contributed by atoms with Crippen LogP contribution in [0.25, 0.3) is 0 Å². The number of carbonyl (C=O) groups excluding carboxylic acids is 2. The van der Waals surface area contributed by atoms with E-state index in [4.69, 9.17) is 4.74 Å². The number of benzene rings is 1. The van der Waals surface area contributed by atoms with Gasteiger partial charge in [-0.2, -0.15) is 0 Å². The lowest BCUT2D eigenvalue weighted by atomic mass is 9.87. The predicted octanol–water partition coefficient (Wildman–Crippen LogP) is 1.44. The molecule has 2 unspecified atom stereocenters. The summed E-state index contributed by atoms with van der Waals surface area (Å²) in [4.78, 5) is 26.8. The van der Waals surface area contributed by atoms with Gasteiger partial charge in [-0.15, -0.1) is 0 Å². The summed E-state index contributed by atoms with van der Waals surface area (Å²) in [6, 6.07) is 7.25. The van der Waals surface area contributed by atoms with E-state index in [1.807, 2.05) is 32.0 Å². The summed E-state index contributed by atoms with van der Waals surface area (Å²) in [6.45, 7) is 5.65. The van der Waals surface area contributed by atoms with Gasteiger partial charge in [0.05, 0.1) is 0 Å². The minimum atomic E-state index is -1.18. The topological polar surface area (TPSA) is 58.6 Å². The number of ether oxygens (including phenoxy) is 1. The lowest BCUT2D eigenvalue weighted by molar-refractivity contribution is -0.133. The third-order valence-corrected chi connectivity index (χ3v) is 4.67. The molecule has 0 bridgehead atoms. The molecule has 5 nitrogen and oxygen atoms in total. The van der Waals surface area contributed by atoms with Gasteiger partial charge < -0.3 is 10.1 Å². The fourth-order valence-electron chi connectivity index (χ4n) is 3.16. The average molecular weight is 274 g/mol. The highest BCUT2D eigenvalue weighted by atomic mass is 16.5. The maximum Gasteiger partial charge on any atom is 0.259 e. The highest BCUT2D eigenvalue weighted by molar-refractivity contribution is 6.06. The Morgan fingerprint density at radius 3 is 2.50 bits per heavy atom. The second kappa shape index (κ2) is 3.82. The number of nitrogens with zero attached hydrogens (tertiary/aromatic N) is 1. The fourth-order valence-corrected chi connectivity index (χ4v) is 3.16. The van der Waals surface area contributed by atoms with Crippen molar-refractivity contribution in [2.24, 2.45) is 5.92 Å². The summed E-state index contributed by atoms with van der Waals surface area (Å²) < 4.78 is 5.61. The number of fused-ring (bicyclic) bond motifs is 3. The van der Waals surface area contributed by atoms with Crippen molar-refractivity contribution in [3.05, 3.63) is 35.4 Å². The Kier molecular flexibility index (Phi) is 2.51. The van der Waals surface area contributed by atoms with Crippen LogP contribution in [0.2, 0.25) is 0 Å². The fraction of sp³-hybridized carbons (Fsp3) is 0.467. The third-order valence-electron chi connectivity index (χ3n) is 4.67. The molecule has 0 aliphatic carbocycles. The van der Waals surface area contributed by atoms with Gasteiger partial charge in [0.2, 0.25) is 5.91 Å². The Hall–Kier alpha value is -1.88. The number of methoxy groups -OCH3 is 1. The summed E-state index contributed by atoms with van der Waals surface area (Å²) in [6.07, 6.45) is 0. The first kappa shape index (κ1) is 13.1. The number of amides is 2. The molecule has 0 spiro atoms. The molecule has 1 aromatic carbocycles. The van der Waals surface area contributed by atoms with E-state index in [9.17, 15) is 9.59 Å². The zero-order valence-electron chi connectivity index (χ0n) is 12.1. The molecule has 1 N–H and O–H groups in total. The zero-order valence-corrected chi connectivity index (χ0v) is 12.1. The van der Waals surface area contributed by atoms with Gasteiger partial charge >= 0.3 is 0 Å². The van der Waals surface area contributed by atoms with Gasteiger partial charge in [0.25, 0.3) is 11.8 Å². The van der Waals surface area contributed by atoms with Crippen molar-refractivity contribution in [1.29, 1.82) is 0 Å². The number of carbonyl (C=O) groups is 2. The van der Waals surface area contributed by atoms with Crippen molar-refractivity contribution in [2.45, 2.75) is 32.2 Å². The molecule has 1 fully saturated rings. The van der Waals surface area contributed by atoms with Crippen LogP contribution >= 0.6 is 0 Å². The molecule has 0 radical (unpaired) electrons. The molecule has 20 heavy (non-hydrogen) atoms. The monoisotopic (exact) mass is 274 g/mol. The molecule has 2 heterocycles. The summed E-state index contributed by atoms with van der Waals surface area (Å²) in [5.41, 5.74) is 0.359. The van der Waals surface area contributed by atoms with Gasteiger partial charge in [0.1, 0.15) is 5.54 Å². The summed E-state index contributed by atoms with van der Waals surface area (Å²) >= 11 is 0. The lowest BCUT2D eigenvalue weighted by Gasteiger charge is -2.39. The Morgan fingerprint density at radius 1 is 1.25 bits per heavy atom. The summed E-state index contributed by atoms with van der Waals surface area (Å²) in [5.74, 6) is -1.56.